The number of likely N-dealkylation sites (tertiary alicyclic amines) is 1. The summed E-state index contributed by atoms with van der Waals surface area (Å²) in [5, 5.41) is 10.6. The van der Waals surface area contributed by atoms with Crippen LogP contribution >= 0.6 is 11.8 Å². The summed E-state index contributed by atoms with van der Waals surface area (Å²) in [7, 11) is 0. The van der Waals surface area contributed by atoms with Crippen molar-refractivity contribution in [1.82, 2.24) is 4.90 Å². The highest BCUT2D eigenvalue weighted by molar-refractivity contribution is 8.18. The van der Waals surface area contributed by atoms with Crippen molar-refractivity contribution < 1.29 is 9.90 Å². The molecule has 0 atom stereocenters. The van der Waals surface area contributed by atoms with Crippen molar-refractivity contribution in [3.8, 4) is 5.75 Å². The van der Waals surface area contributed by atoms with E-state index in [1.54, 1.807) is 24.3 Å². The molecule has 5 heteroatoms. The molecule has 0 radical (unpaired) electrons. The van der Waals surface area contributed by atoms with Crippen LogP contribution in [0, 0.1) is 0 Å². The van der Waals surface area contributed by atoms with E-state index >= 15 is 0 Å². The van der Waals surface area contributed by atoms with E-state index < -0.39 is 0 Å². The van der Waals surface area contributed by atoms with Crippen molar-refractivity contribution in [2.24, 2.45) is 4.99 Å². The molecule has 0 unspecified atom stereocenters. The fourth-order valence-electron chi connectivity index (χ4n) is 2.55. The lowest BCUT2D eigenvalue weighted by molar-refractivity contribution is -0.113. The summed E-state index contributed by atoms with van der Waals surface area (Å²) < 4.78 is 0. The largest absolute Gasteiger partial charge is 0.507 e. The van der Waals surface area contributed by atoms with Crippen LogP contribution in [0.25, 0.3) is 6.08 Å². The molecule has 0 saturated carbocycles. The molecule has 21 heavy (non-hydrogen) atoms. The minimum Gasteiger partial charge on any atom is -0.507 e. The monoisotopic (exact) mass is 302 g/mol. The Morgan fingerprint density at radius 1 is 1.14 bits per heavy atom. The first-order chi connectivity index (χ1) is 10.2. The number of rotatable bonds is 1. The average Bonchev–Trinajstić information content (AvgIpc) is 2.69. The highest BCUT2D eigenvalue weighted by Gasteiger charge is 2.26. The molecule has 4 nitrogen and oxygen atoms in total. The van der Waals surface area contributed by atoms with E-state index in [1.165, 1.54) is 24.6 Å². The number of para-hydroxylation sites is 1. The lowest BCUT2D eigenvalue weighted by Crippen LogP contribution is -2.28. The van der Waals surface area contributed by atoms with Crippen LogP contribution in [0.15, 0.2) is 34.2 Å². The minimum absolute atomic E-state index is 0.182. The molecular formula is C16H18N2O2S. The number of thioether (sulfide) groups is 1. The Morgan fingerprint density at radius 2 is 1.86 bits per heavy atom. The van der Waals surface area contributed by atoms with E-state index in [1.807, 2.05) is 6.07 Å². The van der Waals surface area contributed by atoms with Gasteiger partial charge in [0.2, 0.25) is 0 Å². The van der Waals surface area contributed by atoms with Crippen LogP contribution in [0.2, 0.25) is 0 Å². The van der Waals surface area contributed by atoms with Crippen molar-refractivity contribution in [2.75, 3.05) is 13.1 Å². The van der Waals surface area contributed by atoms with Gasteiger partial charge in [0.1, 0.15) is 5.75 Å². The summed E-state index contributed by atoms with van der Waals surface area (Å²) in [6.07, 6.45) is 6.54. The summed E-state index contributed by atoms with van der Waals surface area (Å²) in [6, 6.07) is 7.01. The maximum absolute atomic E-state index is 12.0. The van der Waals surface area contributed by atoms with Gasteiger partial charge in [-0.25, -0.2) is 0 Å². The lowest BCUT2D eigenvalue weighted by atomic mass is 10.2. The van der Waals surface area contributed by atoms with Gasteiger partial charge in [-0.1, -0.05) is 31.0 Å². The first-order valence-corrected chi connectivity index (χ1v) is 8.11. The number of carbonyl (C=O) groups is 1. The van der Waals surface area contributed by atoms with Crippen LogP contribution in [-0.2, 0) is 4.79 Å². The maximum atomic E-state index is 12.0. The third kappa shape index (κ3) is 3.29. The number of aromatic hydroxyl groups is 1. The van der Waals surface area contributed by atoms with Crippen molar-refractivity contribution in [3.63, 3.8) is 0 Å². The van der Waals surface area contributed by atoms with Gasteiger partial charge in [-0.3, -0.25) is 4.79 Å². The van der Waals surface area contributed by atoms with E-state index in [9.17, 15) is 9.90 Å². The number of benzene rings is 1. The Hall–Kier alpha value is -1.75. The Morgan fingerprint density at radius 3 is 2.57 bits per heavy atom. The molecule has 1 aromatic rings. The predicted molar refractivity (Wildman–Crippen MR) is 86.2 cm³/mol. The fraction of sp³-hybridized carbons (Fsp3) is 0.375. The number of carbonyl (C=O) groups excluding carboxylic acids is 1. The highest BCUT2D eigenvalue weighted by Crippen LogP contribution is 2.32. The third-order valence-corrected chi connectivity index (χ3v) is 4.75. The molecule has 0 aromatic heterocycles. The third-order valence-electron chi connectivity index (χ3n) is 3.71. The van der Waals surface area contributed by atoms with Crippen molar-refractivity contribution >= 4 is 28.9 Å². The van der Waals surface area contributed by atoms with Crippen LogP contribution in [0.1, 0.15) is 31.2 Å². The standard InChI is InChI=1S/C16H18N2O2S/c19-13-8-4-3-7-12(13)11-14-15(20)17-16(21-14)18-9-5-1-2-6-10-18/h3-4,7-8,11,19H,1-2,5-6,9-10H2. The second kappa shape index (κ2) is 6.35. The summed E-state index contributed by atoms with van der Waals surface area (Å²) >= 11 is 1.41. The highest BCUT2D eigenvalue weighted by atomic mass is 32.2. The van der Waals surface area contributed by atoms with Gasteiger partial charge in [-0.05, 0) is 36.7 Å². The average molecular weight is 302 g/mol. The van der Waals surface area contributed by atoms with Gasteiger partial charge in [0.05, 0.1) is 4.91 Å². The summed E-state index contributed by atoms with van der Waals surface area (Å²) in [5.41, 5.74) is 0.653. The minimum atomic E-state index is -0.206. The zero-order chi connectivity index (χ0) is 14.7. The molecule has 3 rings (SSSR count). The molecule has 1 fully saturated rings. The van der Waals surface area contributed by atoms with Crippen LogP contribution in [0.5, 0.6) is 5.75 Å². The quantitative estimate of drug-likeness (QED) is 0.809. The van der Waals surface area contributed by atoms with Gasteiger partial charge < -0.3 is 10.0 Å². The van der Waals surface area contributed by atoms with Crippen molar-refractivity contribution in [1.29, 1.82) is 0 Å². The van der Waals surface area contributed by atoms with E-state index in [2.05, 4.69) is 9.89 Å². The Kier molecular flexibility index (Phi) is 4.29. The smallest absolute Gasteiger partial charge is 0.286 e. The van der Waals surface area contributed by atoms with Gasteiger partial charge in [-0.15, -0.1) is 0 Å². The molecule has 0 aliphatic carbocycles. The summed E-state index contributed by atoms with van der Waals surface area (Å²) in [6.45, 7) is 1.95. The van der Waals surface area contributed by atoms with E-state index in [-0.39, 0.29) is 11.7 Å². The fourth-order valence-corrected chi connectivity index (χ4v) is 3.50. The first-order valence-electron chi connectivity index (χ1n) is 7.29. The van der Waals surface area contributed by atoms with Gasteiger partial charge in [0.25, 0.3) is 5.91 Å². The Balaban J connectivity index is 1.77. The van der Waals surface area contributed by atoms with Gasteiger partial charge >= 0.3 is 0 Å². The molecule has 0 spiro atoms. The Labute approximate surface area is 128 Å². The molecule has 1 aromatic carbocycles. The number of hydrogen-bond donors (Lipinski definition) is 1. The lowest BCUT2D eigenvalue weighted by Gasteiger charge is -2.20. The van der Waals surface area contributed by atoms with Gasteiger partial charge in [0.15, 0.2) is 5.17 Å². The van der Waals surface area contributed by atoms with Crippen LogP contribution < -0.4 is 0 Å². The normalized spacial score (nSPS) is 21.5. The number of hydrogen-bond acceptors (Lipinski definition) is 4. The molecule has 1 saturated heterocycles. The molecule has 2 heterocycles. The summed E-state index contributed by atoms with van der Waals surface area (Å²) in [4.78, 5) is 19.0. The van der Waals surface area contributed by atoms with Crippen molar-refractivity contribution in [2.45, 2.75) is 25.7 Å². The van der Waals surface area contributed by atoms with Crippen LogP contribution in [0.4, 0.5) is 0 Å². The molecule has 1 amide bonds. The number of aliphatic imine (C=N–C) groups is 1. The molecule has 0 bridgehead atoms. The molecule has 110 valence electrons. The summed E-state index contributed by atoms with van der Waals surface area (Å²) in [5.74, 6) is -0.0240. The second-order valence-corrected chi connectivity index (χ2v) is 6.28. The predicted octanol–water partition coefficient (Wildman–Crippen LogP) is 3.24. The molecule has 2 aliphatic heterocycles. The maximum Gasteiger partial charge on any atom is 0.286 e. The topological polar surface area (TPSA) is 52.9 Å². The van der Waals surface area contributed by atoms with Gasteiger partial charge in [0, 0.05) is 18.7 Å². The SMILES string of the molecule is O=C1N=C(N2CCCCCC2)SC1=Cc1ccccc1O. The second-order valence-electron chi connectivity index (χ2n) is 5.27. The number of phenolic OH excluding ortho intramolecular Hbond substituents is 1. The molecule has 2 aliphatic rings. The zero-order valence-electron chi connectivity index (χ0n) is 11.8. The number of nitrogens with zero attached hydrogens (tertiary/aromatic N) is 2. The van der Waals surface area contributed by atoms with Crippen LogP contribution in [0.3, 0.4) is 0 Å². The van der Waals surface area contributed by atoms with E-state index in [0.29, 0.717) is 10.5 Å². The zero-order valence-corrected chi connectivity index (χ0v) is 12.6. The van der Waals surface area contributed by atoms with E-state index in [0.717, 1.165) is 31.1 Å². The first kappa shape index (κ1) is 14.2. The molecule has 1 N–H and O–H groups in total. The number of amides is 1. The van der Waals surface area contributed by atoms with Crippen LogP contribution in [-0.4, -0.2) is 34.2 Å². The number of amidine groups is 1. The Bertz CT molecular complexity index is 602. The molecular weight excluding hydrogens is 284 g/mol. The number of phenols is 1. The van der Waals surface area contributed by atoms with E-state index in [4.69, 9.17) is 0 Å². The van der Waals surface area contributed by atoms with Gasteiger partial charge in [-0.2, -0.15) is 4.99 Å². The van der Waals surface area contributed by atoms with Crippen molar-refractivity contribution in [3.05, 3.63) is 34.7 Å².